The van der Waals surface area contributed by atoms with E-state index in [1.54, 1.807) is 0 Å². The summed E-state index contributed by atoms with van der Waals surface area (Å²) in [5.74, 6) is 0. The molecule has 0 saturated heterocycles. The molecule has 16 heavy (non-hydrogen) atoms. The SMILES string of the molecule is CC1(C)C=CC2=C(C=C1)COCC2.CCC. The van der Waals surface area contributed by atoms with Crippen LogP contribution in [-0.2, 0) is 4.74 Å². The first-order valence-corrected chi connectivity index (χ1v) is 6.27. The summed E-state index contributed by atoms with van der Waals surface area (Å²) < 4.78 is 5.42. The Morgan fingerprint density at radius 1 is 1.12 bits per heavy atom. The molecular formula is C15H24O. The molecule has 0 atom stereocenters. The van der Waals surface area contributed by atoms with Crippen molar-refractivity contribution in [3.63, 3.8) is 0 Å². The molecule has 1 nitrogen and oxygen atoms in total. The lowest BCUT2D eigenvalue weighted by molar-refractivity contribution is 0.150. The Balaban J connectivity index is 0.000000386. The molecule has 0 saturated carbocycles. The predicted molar refractivity (Wildman–Crippen MR) is 70.5 cm³/mol. The van der Waals surface area contributed by atoms with Crippen LogP contribution in [0.3, 0.4) is 0 Å². The minimum Gasteiger partial charge on any atom is -0.376 e. The van der Waals surface area contributed by atoms with Gasteiger partial charge in [0.1, 0.15) is 0 Å². The molecule has 1 aliphatic heterocycles. The van der Waals surface area contributed by atoms with Crippen LogP contribution in [0.1, 0.15) is 40.5 Å². The van der Waals surface area contributed by atoms with Gasteiger partial charge in [-0.05, 0) is 17.6 Å². The summed E-state index contributed by atoms with van der Waals surface area (Å²) >= 11 is 0. The van der Waals surface area contributed by atoms with Crippen molar-refractivity contribution < 1.29 is 4.74 Å². The Labute approximate surface area is 99.9 Å². The predicted octanol–water partition coefficient (Wildman–Crippen LogP) is 4.27. The summed E-state index contributed by atoms with van der Waals surface area (Å²) in [5.41, 5.74) is 3.00. The van der Waals surface area contributed by atoms with Crippen molar-refractivity contribution in [2.45, 2.75) is 40.5 Å². The molecule has 90 valence electrons. The number of hydrogen-bond donors (Lipinski definition) is 0. The molecule has 1 aliphatic carbocycles. The highest BCUT2D eigenvalue weighted by molar-refractivity contribution is 5.39. The lowest BCUT2D eigenvalue weighted by Gasteiger charge is -2.15. The Hall–Kier alpha value is -0.820. The second kappa shape index (κ2) is 6.05. The van der Waals surface area contributed by atoms with Crippen LogP contribution in [0.5, 0.6) is 0 Å². The van der Waals surface area contributed by atoms with E-state index in [1.165, 1.54) is 17.6 Å². The van der Waals surface area contributed by atoms with Gasteiger partial charge in [-0.1, -0.05) is 58.4 Å². The molecule has 0 N–H and O–H groups in total. The second-order valence-corrected chi connectivity index (χ2v) is 5.05. The summed E-state index contributed by atoms with van der Waals surface area (Å²) in [6.45, 7) is 10.3. The van der Waals surface area contributed by atoms with Gasteiger partial charge in [0.05, 0.1) is 13.2 Å². The minimum atomic E-state index is 0.192. The van der Waals surface area contributed by atoms with Crippen LogP contribution in [0.25, 0.3) is 0 Å². The van der Waals surface area contributed by atoms with E-state index in [9.17, 15) is 0 Å². The van der Waals surface area contributed by atoms with Crippen LogP contribution in [-0.4, -0.2) is 13.2 Å². The average molecular weight is 220 g/mol. The lowest BCUT2D eigenvalue weighted by Crippen LogP contribution is -2.08. The van der Waals surface area contributed by atoms with Gasteiger partial charge in [-0.15, -0.1) is 0 Å². The molecule has 0 radical (unpaired) electrons. The summed E-state index contributed by atoms with van der Waals surface area (Å²) in [6.07, 6.45) is 11.3. The van der Waals surface area contributed by atoms with Gasteiger partial charge in [0.25, 0.3) is 0 Å². The smallest absolute Gasteiger partial charge is 0.0719 e. The van der Waals surface area contributed by atoms with E-state index in [1.807, 2.05) is 0 Å². The number of ether oxygens (including phenoxy) is 1. The summed E-state index contributed by atoms with van der Waals surface area (Å²) in [5, 5.41) is 0. The maximum atomic E-state index is 5.42. The van der Waals surface area contributed by atoms with Crippen LogP contribution in [0.15, 0.2) is 35.5 Å². The van der Waals surface area contributed by atoms with Crippen LogP contribution < -0.4 is 0 Å². The second-order valence-electron chi connectivity index (χ2n) is 5.05. The first kappa shape index (κ1) is 13.2. The number of rotatable bonds is 0. The Kier molecular flexibility index (Phi) is 5.01. The van der Waals surface area contributed by atoms with Crippen LogP contribution in [0.4, 0.5) is 0 Å². The Morgan fingerprint density at radius 3 is 2.31 bits per heavy atom. The van der Waals surface area contributed by atoms with Crippen LogP contribution >= 0.6 is 0 Å². The molecular weight excluding hydrogens is 196 g/mol. The van der Waals surface area contributed by atoms with Gasteiger partial charge < -0.3 is 4.74 Å². The summed E-state index contributed by atoms with van der Waals surface area (Å²) in [7, 11) is 0. The van der Waals surface area contributed by atoms with Gasteiger partial charge in [-0.2, -0.15) is 0 Å². The van der Waals surface area contributed by atoms with Gasteiger partial charge in [0.15, 0.2) is 0 Å². The van der Waals surface area contributed by atoms with Gasteiger partial charge >= 0.3 is 0 Å². The first-order valence-electron chi connectivity index (χ1n) is 6.27. The van der Waals surface area contributed by atoms with Crippen LogP contribution in [0.2, 0.25) is 0 Å². The largest absolute Gasteiger partial charge is 0.376 e. The zero-order chi connectivity index (χ0) is 12.0. The number of allylic oxidation sites excluding steroid dienone is 3. The van der Waals surface area contributed by atoms with Crippen molar-refractivity contribution in [1.29, 1.82) is 0 Å². The monoisotopic (exact) mass is 220 g/mol. The molecule has 0 bridgehead atoms. The highest BCUT2D eigenvalue weighted by atomic mass is 16.5. The molecule has 0 amide bonds. The van der Waals surface area contributed by atoms with Gasteiger partial charge in [0.2, 0.25) is 0 Å². The van der Waals surface area contributed by atoms with E-state index >= 15 is 0 Å². The molecule has 0 aromatic heterocycles. The van der Waals surface area contributed by atoms with E-state index in [0.717, 1.165) is 19.6 Å². The molecule has 0 aromatic rings. The maximum Gasteiger partial charge on any atom is 0.0719 e. The molecule has 0 fully saturated rings. The standard InChI is InChI=1S/C12H16O.C3H8/c1-12(2)6-3-10-5-8-13-9-11(10)4-7-12;1-3-2/h3-4,6-7H,5,8-9H2,1-2H3;3H2,1-2H3. The Bertz CT molecular complexity index is 277. The zero-order valence-corrected chi connectivity index (χ0v) is 11.0. The molecule has 0 unspecified atom stereocenters. The average Bonchev–Trinajstić information content (AvgIpc) is 2.40. The minimum absolute atomic E-state index is 0.192. The van der Waals surface area contributed by atoms with Crippen molar-refractivity contribution in [2.24, 2.45) is 5.41 Å². The highest BCUT2D eigenvalue weighted by Crippen LogP contribution is 2.28. The van der Waals surface area contributed by atoms with Gasteiger partial charge in [0, 0.05) is 5.41 Å². The fourth-order valence-electron chi connectivity index (χ4n) is 1.65. The van der Waals surface area contributed by atoms with E-state index in [2.05, 4.69) is 52.0 Å². The fraction of sp³-hybridized carbons (Fsp3) is 0.600. The van der Waals surface area contributed by atoms with Gasteiger partial charge in [-0.3, -0.25) is 0 Å². The highest BCUT2D eigenvalue weighted by Gasteiger charge is 2.16. The quantitative estimate of drug-likeness (QED) is 0.592. The topological polar surface area (TPSA) is 9.23 Å². The van der Waals surface area contributed by atoms with E-state index in [4.69, 9.17) is 4.74 Å². The zero-order valence-electron chi connectivity index (χ0n) is 11.0. The summed E-state index contributed by atoms with van der Waals surface area (Å²) in [4.78, 5) is 0. The Morgan fingerprint density at radius 2 is 1.69 bits per heavy atom. The third-order valence-corrected chi connectivity index (χ3v) is 2.61. The van der Waals surface area contributed by atoms with Crippen molar-refractivity contribution in [3.8, 4) is 0 Å². The number of hydrogen-bond acceptors (Lipinski definition) is 1. The molecule has 0 aromatic carbocycles. The molecule has 2 aliphatic rings. The van der Waals surface area contributed by atoms with Crippen LogP contribution in [0, 0.1) is 5.41 Å². The molecule has 0 spiro atoms. The third kappa shape index (κ3) is 3.97. The molecule has 2 rings (SSSR count). The van der Waals surface area contributed by atoms with Gasteiger partial charge in [-0.25, -0.2) is 0 Å². The van der Waals surface area contributed by atoms with Crippen molar-refractivity contribution in [2.75, 3.05) is 13.2 Å². The van der Waals surface area contributed by atoms with E-state index in [-0.39, 0.29) is 5.41 Å². The normalized spacial score (nSPS) is 22.0. The first-order chi connectivity index (χ1) is 7.59. The third-order valence-electron chi connectivity index (χ3n) is 2.61. The molecule has 1 heterocycles. The fourth-order valence-corrected chi connectivity index (χ4v) is 1.65. The molecule has 1 heteroatoms. The van der Waals surface area contributed by atoms with Crippen molar-refractivity contribution in [3.05, 3.63) is 35.5 Å². The van der Waals surface area contributed by atoms with Crippen molar-refractivity contribution >= 4 is 0 Å². The maximum absolute atomic E-state index is 5.42. The van der Waals surface area contributed by atoms with E-state index in [0.29, 0.717) is 0 Å². The van der Waals surface area contributed by atoms with E-state index < -0.39 is 0 Å². The lowest BCUT2D eigenvalue weighted by atomic mass is 9.93. The van der Waals surface area contributed by atoms with Crippen molar-refractivity contribution in [1.82, 2.24) is 0 Å². The summed E-state index contributed by atoms with van der Waals surface area (Å²) in [6, 6.07) is 0.